The molecule has 104 valence electrons. The lowest BCUT2D eigenvalue weighted by molar-refractivity contribution is 0.0937. The summed E-state index contributed by atoms with van der Waals surface area (Å²) in [4.78, 5) is 12.0. The fraction of sp³-hybridized carbons (Fsp3) is 0.500. The topological polar surface area (TPSA) is 58.6 Å². The van der Waals surface area contributed by atoms with Gasteiger partial charge in [-0.1, -0.05) is 11.6 Å². The van der Waals surface area contributed by atoms with E-state index in [1.807, 2.05) is 0 Å². The number of hydrogen-bond donors (Lipinski definition) is 2. The van der Waals surface area contributed by atoms with E-state index >= 15 is 0 Å². The number of carbonyl (C=O) groups is 1. The van der Waals surface area contributed by atoms with Crippen molar-refractivity contribution in [3.8, 4) is 5.75 Å². The molecule has 1 aliphatic carbocycles. The maximum Gasteiger partial charge on any atom is 0.252 e. The maximum absolute atomic E-state index is 12.0. The first-order valence-corrected chi connectivity index (χ1v) is 6.70. The monoisotopic (exact) mass is 283 g/mol. The molecule has 5 heteroatoms. The molecule has 0 atom stereocenters. The van der Waals surface area contributed by atoms with Crippen molar-refractivity contribution in [1.29, 1.82) is 0 Å². The molecule has 2 N–H and O–H groups in total. The third-order valence-electron chi connectivity index (χ3n) is 3.61. The van der Waals surface area contributed by atoms with Gasteiger partial charge < -0.3 is 15.2 Å². The van der Waals surface area contributed by atoms with Crippen molar-refractivity contribution in [3.63, 3.8) is 0 Å². The minimum atomic E-state index is -0.246. The number of nitrogens with one attached hydrogen (secondary N) is 1. The van der Waals surface area contributed by atoms with Crippen LogP contribution in [0.4, 0.5) is 0 Å². The molecular weight excluding hydrogens is 266 g/mol. The van der Waals surface area contributed by atoms with Gasteiger partial charge >= 0.3 is 0 Å². The molecule has 0 saturated heterocycles. The van der Waals surface area contributed by atoms with Crippen LogP contribution in [0.5, 0.6) is 5.75 Å². The van der Waals surface area contributed by atoms with Crippen molar-refractivity contribution < 1.29 is 14.6 Å². The van der Waals surface area contributed by atoms with Crippen LogP contribution in [0.2, 0.25) is 5.02 Å². The highest BCUT2D eigenvalue weighted by Gasteiger charge is 2.42. The summed E-state index contributed by atoms with van der Waals surface area (Å²) in [6, 6.07) is 4.36. The molecule has 1 aromatic rings. The zero-order valence-corrected chi connectivity index (χ0v) is 11.7. The summed E-state index contributed by atoms with van der Waals surface area (Å²) in [5, 5.41) is 12.6. The smallest absolute Gasteiger partial charge is 0.252 e. The van der Waals surface area contributed by atoms with E-state index < -0.39 is 0 Å². The molecule has 0 aliphatic heterocycles. The summed E-state index contributed by atoms with van der Waals surface area (Å²) in [6.07, 6.45) is 3.19. The van der Waals surface area contributed by atoms with E-state index in [1.54, 1.807) is 7.11 Å². The number of ether oxygens (including phenoxy) is 1. The van der Waals surface area contributed by atoms with Crippen molar-refractivity contribution in [1.82, 2.24) is 5.32 Å². The Hall–Kier alpha value is -1.26. The first kappa shape index (κ1) is 14.2. The molecule has 4 nitrogen and oxygen atoms in total. The number of amides is 1. The van der Waals surface area contributed by atoms with E-state index in [4.69, 9.17) is 16.3 Å². The molecule has 0 aromatic heterocycles. The quantitative estimate of drug-likeness (QED) is 0.844. The predicted octanol–water partition coefficient (Wildman–Crippen LogP) is 2.59. The largest absolute Gasteiger partial charge is 0.508 e. The number of carbonyl (C=O) groups excluding carboxylic acids is 1. The second kappa shape index (κ2) is 5.80. The number of hydrogen-bond acceptors (Lipinski definition) is 3. The first-order valence-electron chi connectivity index (χ1n) is 6.32. The average Bonchev–Trinajstić information content (AvgIpc) is 3.17. The lowest BCUT2D eigenvalue weighted by Crippen LogP contribution is -2.31. The molecular formula is C14H18ClNO3. The van der Waals surface area contributed by atoms with Crippen LogP contribution in [0.3, 0.4) is 0 Å². The molecule has 1 aromatic carbocycles. The Morgan fingerprint density at radius 2 is 2.26 bits per heavy atom. The molecule has 0 heterocycles. The van der Waals surface area contributed by atoms with Gasteiger partial charge in [0.1, 0.15) is 5.75 Å². The summed E-state index contributed by atoms with van der Waals surface area (Å²) < 4.78 is 5.08. The van der Waals surface area contributed by atoms with Gasteiger partial charge in [0.05, 0.1) is 10.6 Å². The van der Waals surface area contributed by atoms with Crippen LogP contribution < -0.4 is 5.32 Å². The van der Waals surface area contributed by atoms with Gasteiger partial charge in [0, 0.05) is 20.3 Å². The SMILES string of the molecule is COCCC1(CNC(=O)c2cc(O)ccc2Cl)CC1. The van der Waals surface area contributed by atoms with Gasteiger partial charge in [-0.2, -0.15) is 0 Å². The Labute approximate surface area is 117 Å². The Bertz CT molecular complexity index is 472. The van der Waals surface area contributed by atoms with Crippen LogP contribution in [0.25, 0.3) is 0 Å². The standard InChI is InChI=1S/C14H18ClNO3/c1-19-7-6-14(4-5-14)9-16-13(18)11-8-10(17)2-3-12(11)15/h2-3,8,17H,4-7,9H2,1H3,(H,16,18). The number of phenolic OH excluding ortho intramolecular Hbond substituents is 1. The fourth-order valence-electron chi connectivity index (χ4n) is 2.06. The highest BCUT2D eigenvalue weighted by Crippen LogP contribution is 2.48. The molecule has 0 bridgehead atoms. The molecule has 0 unspecified atom stereocenters. The van der Waals surface area contributed by atoms with Crippen molar-refractivity contribution in [3.05, 3.63) is 28.8 Å². The van der Waals surface area contributed by atoms with Gasteiger partial charge in [0.2, 0.25) is 0 Å². The Balaban J connectivity index is 1.93. The molecule has 1 aliphatic rings. The van der Waals surface area contributed by atoms with Crippen LogP contribution in [-0.4, -0.2) is 31.3 Å². The number of halogens is 1. The van der Waals surface area contributed by atoms with Crippen LogP contribution in [0.15, 0.2) is 18.2 Å². The van der Waals surface area contributed by atoms with E-state index in [-0.39, 0.29) is 17.1 Å². The Kier molecular flexibility index (Phi) is 4.32. The lowest BCUT2D eigenvalue weighted by Gasteiger charge is -2.15. The number of methoxy groups -OCH3 is 1. The van der Waals surface area contributed by atoms with Crippen molar-refractivity contribution >= 4 is 17.5 Å². The van der Waals surface area contributed by atoms with E-state index in [2.05, 4.69) is 5.32 Å². The van der Waals surface area contributed by atoms with Gasteiger partial charge in [-0.15, -0.1) is 0 Å². The number of benzene rings is 1. The van der Waals surface area contributed by atoms with Gasteiger partial charge in [-0.05, 0) is 42.9 Å². The normalized spacial score (nSPS) is 16.1. The number of rotatable bonds is 6. The molecule has 19 heavy (non-hydrogen) atoms. The zero-order chi connectivity index (χ0) is 13.9. The van der Waals surface area contributed by atoms with Crippen LogP contribution in [-0.2, 0) is 4.74 Å². The van der Waals surface area contributed by atoms with E-state index in [1.165, 1.54) is 18.2 Å². The first-order chi connectivity index (χ1) is 9.06. The highest BCUT2D eigenvalue weighted by atomic mass is 35.5. The van der Waals surface area contributed by atoms with Crippen molar-refractivity contribution in [2.24, 2.45) is 5.41 Å². The minimum Gasteiger partial charge on any atom is -0.508 e. The third-order valence-corrected chi connectivity index (χ3v) is 3.94. The molecule has 1 saturated carbocycles. The minimum absolute atomic E-state index is 0.0371. The third kappa shape index (κ3) is 3.61. The summed E-state index contributed by atoms with van der Waals surface area (Å²) in [5.74, 6) is -0.209. The predicted molar refractivity (Wildman–Crippen MR) is 73.6 cm³/mol. The van der Waals surface area contributed by atoms with E-state index in [0.717, 1.165) is 19.3 Å². The van der Waals surface area contributed by atoms with Crippen molar-refractivity contribution in [2.75, 3.05) is 20.3 Å². The van der Waals surface area contributed by atoms with Gasteiger partial charge in [0.25, 0.3) is 5.91 Å². The van der Waals surface area contributed by atoms with Crippen LogP contribution in [0.1, 0.15) is 29.6 Å². The Morgan fingerprint density at radius 1 is 1.53 bits per heavy atom. The number of aromatic hydroxyl groups is 1. The van der Waals surface area contributed by atoms with E-state index in [0.29, 0.717) is 23.7 Å². The highest BCUT2D eigenvalue weighted by molar-refractivity contribution is 6.33. The maximum atomic E-state index is 12.0. The van der Waals surface area contributed by atoms with Gasteiger partial charge in [0.15, 0.2) is 0 Å². The van der Waals surface area contributed by atoms with Gasteiger partial charge in [-0.25, -0.2) is 0 Å². The molecule has 0 spiro atoms. The fourth-order valence-corrected chi connectivity index (χ4v) is 2.26. The second-order valence-corrected chi connectivity index (χ2v) is 5.50. The second-order valence-electron chi connectivity index (χ2n) is 5.09. The van der Waals surface area contributed by atoms with Crippen molar-refractivity contribution in [2.45, 2.75) is 19.3 Å². The Morgan fingerprint density at radius 3 is 2.89 bits per heavy atom. The van der Waals surface area contributed by atoms with E-state index in [9.17, 15) is 9.90 Å². The molecule has 1 fully saturated rings. The van der Waals surface area contributed by atoms with Crippen LogP contribution in [0, 0.1) is 5.41 Å². The van der Waals surface area contributed by atoms with Gasteiger partial charge in [-0.3, -0.25) is 4.79 Å². The zero-order valence-electron chi connectivity index (χ0n) is 10.9. The molecule has 1 amide bonds. The lowest BCUT2D eigenvalue weighted by atomic mass is 10.0. The molecule has 2 rings (SSSR count). The molecule has 0 radical (unpaired) electrons. The summed E-state index contributed by atoms with van der Waals surface area (Å²) in [6.45, 7) is 1.34. The number of phenols is 1. The summed E-state index contributed by atoms with van der Waals surface area (Å²) >= 11 is 5.95. The van der Waals surface area contributed by atoms with Crippen LogP contribution >= 0.6 is 11.6 Å². The summed E-state index contributed by atoms with van der Waals surface area (Å²) in [7, 11) is 1.68. The average molecular weight is 284 g/mol. The summed E-state index contributed by atoms with van der Waals surface area (Å²) in [5.41, 5.74) is 0.499.